The van der Waals surface area contributed by atoms with Crippen molar-refractivity contribution in [2.45, 2.75) is 33.8 Å². The molecule has 1 atom stereocenters. The van der Waals surface area contributed by atoms with Crippen molar-refractivity contribution in [3.8, 4) is 22.8 Å². The molecule has 0 bridgehead atoms. The maximum absolute atomic E-state index is 13.0. The van der Waals surface area contributed by atoms with Crippen LogP contribution in [0.3, 0.4) is 0 Å². The van der Waals surface area contributed by atoms with E-state index in [0.717, 1.165) is 39.7 Å². The first-order valence-corrected chi connectivity index (χ1v) is 11.8. The number of carbonyl (C=O) groups is 1. The molecule has 0 N–H and O–H groups in total. The molecule has 4 rings (SSSR count). The van der Waals surface area contributed by atoms with Crippen LogP contribution >= 0.6 is 0 Å². The van der Waals surface area contributed by atoms with Crippen molar-refractivity contribution in [3.05, 3.63) is 66.0 Å². The van der Waals surface area contributed by atoms with Gasteiger partial charge in [0.2, 0.25) is 0 Å². The number of aryl methyl sites for hydroxylation is 2. The molecule has 178 valence electrons. The number of hydrogen-bond acceptors (Lipinski definition) is 6. The van der Waals surface area contributed by atoms with E-state index in [1.54, 1.807) is 6.33 Å². The molecule has 1 aliphatic rings. The molecule has 1 amide bonds. The molecule has 2 aromatic carbocycles. The van der Waals surface area contributed by atoms with E-state index in [0.29, 0.717) is 32.8 Å². The monoisotopic (exact) mass is 460 g/mol. The van der Waals surface area contributed by atoms with Crippen molar-refractivity contribution in [2.75, 3.05) is 37.7 Å². The maximum atomic E-state index is 13.0. The smallest absolute Gasteiger partial charge is 0.263 e. The summed E-state index contributed by atoms with van der Waals surface area (Å²) in [5.41, 5.74) is 4.12. The summed E-state index contributed by atoms with van der Waals surface area (Å²) in [6, 6.07) is 15.9. The Hall–Kier alpha value is -3.61. The standard InChI is InChI=1S/C27H32N4O3/c1-5-33-23-8-6-22(7-9-23)25-17-26(29-18-28-25)30-10-12-31(13-11-30)27(32)21(4)34-24-15-19(2)14-20(3)16-24/h6-9,14-18,21H,5,10-13H2,1-4H3. The number of aromatic nitrogens is 2. The fourth-order valence-corrected chi connectivity index (χ4v) is 4.23. The SMILES string of the molecule is CCOc1ccc(-c2cc(N3CCN(C(=O)C(C)Oc4cc(C)cc(C)c4)CC3)ncn2)cc1. The fourth-order valence-electron chi connectivity index (χ4n) is 4.23. The van der Waals surface area contributed by atoms with Gasteiger partial charge in [-0.1, -0.05) is 6.07 Å². The number of hydrogen-bond donors (Lipinski definition) is 0. The Morgan fingerprint density at radius 1 is 0.941 bits per heavy atom. The summed E-state index contributed by atoms with van der Waals surface area (Å²) in [5.74, 6) is 2.46. The highest BCUT2D eigenvalue weighted by Gasteiger charge is 2.27. The van der Waals surface area contributed by atoms with Crippen LogP contribution in [0, 0.1) is 13.8 Å². The van der Waals surface area contributed by atoms with Gasteiger partial charge in [-0.15, -0.1) is 0 Å². The Morgan fingerprint density at radius 3 is 2.26 bits per heavy atom. The van der Waals surface area contributed by atoms with Gasteiger partial charge in [0.25, 0.3) is 5.91 Å². The van der Waals surface area contributed by atoms with E-state index >= 15 is 0 Å². The van der Waals surface area contributed by atoms with Gasteiger partial charge in [-0.05, 0) is 75.2 Å². The first-order chi connectivity index (χ1) is 16.4. The predicted octanol–water partition coefficient (Wildman–Crippen LogP) is 4.28. The Labute approximate surface area is 201 Å². The van der Waals surface area contributed by atoms with Crippen LogP contribution in [-0.4, -0.2) is 59.7 Å². The Morgan fingerprint density at radius 2 is 1.62 bits per heavy atom. The van der Waals surface area contributed by atoms with Gasteiger partial charge >= 0.3 is 0 Å². The lowest BCUT2D eigenvalue weighted by Crippen LogP contribution is -2.52. The van der Waals surface area contributed by atoms with Gasteiger partial charge in [-0.3, -0.25) is 4.79 Å². The minimum atomic E-state index is -0.530. The summed E-state index contributed by atoms with van der Waals surface area (Å²) < 4.78 is 11.5. The molecule has 1 fully saturated rings. The van der Waals surface area contributed by atoms with Gasteiger partial charge in [0.15, 0.2) is 6.10 Å². The minimum Gasteiger partial charge on any atom is -0.494 e. The van der Waals surface area contributed by atoms with Crippen molar-refractivity contribution in [2.24, 2.45) is 0 Å². The van der Waals surface area contributed by atoms with Gasteiger partial charge < -0.3 is 19.3 Å². The molecule has 0 aliphatic carbocycles. The molecule has 7 nitrogen and oxygen atoms in total. The summed E-state index contributed by atoms with van der Waals surface area (Å²) >= 11 is 0. The third-order valence-electron chi connectivity index (χ3n) is 5.88. The van der Waals surface area contributed by atoms with Crippen LogP contribution < -0.4 is 14.4 Å². The summed E-state index contributed by atoms with van der Waals surface area (Å²) in [5, 5.41) is 0. The van der Waals surface area contributed by atoms with Gasteiger partial charge in [-0.25, -0.2) is 9.97 Å². The Bertz CT molecular complexity index is 1100. The van der Waals surface area contributed by atoms with E-state index in [9.17, 15) is 4.79 Å². The number of anilines is 1. The number of carbonyl (C=O) groups excluding carboxylic acids is 1. The van der Waals surface area contributed by atoms with Crippen molar-refractivity contribution >= 4 is 11.7 Å². The minimum absolute atomic E-state index is 0.0107. The normalized spacial score (nSPS) is 14.6. The van der Waals surface area contributed by atoms with Crippen molar-refractivity contribution in [3.63, 3.8) is 0 Å². The average molecular weight is 461 g/mol. The van der Waals surface area contributed by atoms with Crippen LogP contribution in [0.5, 0.6) is 11.5 Å². The molecule has 1 aliphatic heterocycles. The molecule has 7 heteroatoms. The first-order valence-electron chi connectivity index (χ1n) is 11.8. The highest BCUT2D eigenvalue weighted by molar-refractivity contribution is 5.81. The van der Waals surface area contributed by atoms with Gasteiger partial charge in [0.05, 0.1) is 12.3 Å². The van der Waals surface area contributed by atoms with Gasteiger partial charge in [-0.2, -0.15) is 0 Å². The zero-order valence-corrected chi connectivity index (χ0v) is 20.3. The third kappa shape index (κ3) is 5.65. The van der Waals surface area contributed by atoms with E-state index in [-0.39, 0.29) is 5.91 Å². The molecule has 1 saturated heterocycles. The number of nitrogens with zero attached hydrogens (tertiary/aromatic N) is 4. The largest absolute Gasteiger partial charge is 0.494 e. The molecule has 0 radical (unpaired) electrons. The Balaban J connectivity index is 1.36. The van der Waals surface area contributed by atoms with E-state index < -0.39 is 6.10 Å². The second-order valence-corrected chi connectivity index (χ2v) is 8.61. The van der Waals surface area contributed by atoms with Crippen LogP contribution in [0.15, 0.2) is 54.9 Å². The van der Waals surface area contributed by atoms with Crippen molar-refractivity contribution < 1.29 is 14.3 Å². The number of piperazine rings is 1. The Kier molecular flexibility index (Phi) is 7.30. The van der Waals surface area contributed by atoms with E-state index in [4.69, 9.17) is 9.47 Å². The van der Waals surface area contributed by atoms with E-state index in [1.165, 1.54) is 0 Å². The van der Waals surface area contributed by atoms with Crippen LogP contribution in [0.1, 0.15) is 25.0 Å². The number of ether oxygens (including phenoxy) is 2. The van der Waals surface area contributed by atoms with Crippen LogP contribution in [0.25, 0.3) is 11.3 Å². The molecular weight excluding hydrogens is 428 g/mol. The second kappa shape index (κ2) is 10.5. The molecule has 3 aromatic rings. The van der Waals surface area contributed by atoms with Crippen LogP contribution in [0.2, 0.25) is 0 Å². The van der Waals surface area contributed by atoms with E-state index in [1.807, 2.05) is 75.1 Å². The number of rotatable bonds is 7. The van der Waals surface area contributed by atoms with Crippen LogP contribution in [0.4, 0.5) is 5.82 Å². The highest BCUT2D eigenvalue weighted by atomic mass is 16.5. The summed E-state index contributed by atoms with van der Waals surface area (Å²) in [7, 11) is 0. The van der Waals surface area contributed by atoms with E-state index in [2.05, 4.69) is 20.9 Å². The van der Waals surface area contributed by atoms with Crippen molar-refractivity contribution in [1.82, 2.24) is 14.9 Å². The second-order valence-electron chi connectivity index (χ2n) is 8.61. The molecule has 1 unspecified atom stereocenters. The van der Waals surface area contributed by atoms with Crippen LogP contribution in [-0.2, 0) is 4.79 Å². The third-order valence-corrected chi connectivity index (χ3v) is 5.88. The molecule has 0 spiro atoms. The highest BCUT2D eigenvalue weighted by Crippen LogP contribution is 2.24. The quantitative estimate of drug-likeness (QED) is 0.524. The lowest BCUT2D eigenvalue weighted by molar-refractivity contribution is -0.138. The zero-order chi connectivity index (χ0) is 24.1. The summed E-state index contributed by atoms with van der Waals surface area (Å²) in [6.45, 7) is 11.2. The number of benzene rings is 2. The maximum Gasteiger partial charge on any atom is 0.263 e. The fraction of sp³-hybridized carbons (Fsp3) is 0.370. The lowest BCUT2D eigenvalue weighted by Gasteiger charge is -2.36. The molecule has 0 saturated carbocycles. The predicted molar refractivity (Wildman–Crippen MR) is 133 cm³/mol. The topological polar surface area (TPSA) is 67.8 Å². The van der Waals surface area contributed by atoms with Crippen molar-refractivity contribution in [1.29, 1.82) is 0 Å². The molecule has 34 heavy (non-hydrogen) atoms. The zero-order valence-electron chi connectivity index (χ0n) is 20.3. The van der Waals surface area contributed by atoms with Gasteiger partial charge in [0, 0.05) is 37.8 Å². The number of amides is 1. The molecular formula is C27H32N4O3. The average Bonchev–Trinajstić information content (AvgIpc) is 2.84. The first kappa shape index (κ1) is 23.5. The summed E-state index contributed by atoms with van der Waals surface area (Å²) in [4.78, 5) is 26.0. The van der Waals surface area contributed by atoms with Gasteiger partial charge in [0.1, 0.15) is 23.6 Å². The lowest BCUT2D eigenvalue weighted by atomic mass is 10.1. The molecule has 2 heterocycles. The summed E-state index contributed by atoms with van der Waals surface area (Å²) in [6.07, 6.45) is 1.07. The molecule has 1 aromatic heterocycles.